The zero-order valence-electron chi connectivity index (χ0n) is 16.4. The van der Waals surface area contributed by atoms with Gasteiger partial charge in [-0.3, -0.25) is 4.99 Å². The Bertz CT molecular complexity index is 553. The van der Waals surface area contributed by atoms with E-state index in [1.165, 1.54) is 32.5 Å². The molecule has 6 nitrogen and oxygen atoms in total. The summed E-state index contributed by atoms with van der Waals surface area (Å²) in [5, 5.41) is 3.50. The van der Waals surface area contributed by atoms with Crippen LogP contribution >= 0.6 is 0 Å². The molecular weight excluding hydrogens is 324 g/mol. The van der Waals surface area contributed by atoms with Crippen LogP contribution in [0.15, 0.2) is 29.4 Å². The van der Waals surface area contributed by atoms with Crippen LogP contribution in [0, 0.1) is 5.92 Å². The molecule has 6 heteroatoms. The third-order valence-corrected chi connectivity index (χ3v) is 5.30. The molecule has 0 radical (unpaired) electrons. The average molecular weight is 359 g/mol. The van der Waals surface area contributed by atoms with Crippen LogP contribution in [0.25, 0.3) is 0 Å². The number of guanidine groups is 1. The standard InChI is InChI=1S/C20H34N6/c1-3-10-24-11-8-18(17-24)16-23-20(21-4-2)26-14-12-25(13-15-26)19-7-5-6-9-22-19/h5-7,9,18H,3-4,8,10-17H2,1-2H3,(H,21,23). The highest BCUT2D eigenvalue weighted by Gasteiger charge is 2.23. The molecule has 0 spiro atoms. The minimum Gasteiger partial charge on any atom is -0.357 e. The molecule has 1 atom stereocenters. The van der Waals surface area contributed by atoms with E-state index in [1.807, 2.05) is 12.3 Å². The van der Waals surface area contributed by atoms with E-state index >= 15 is 0 Å². The number of aromatic nitrogens is 1. The fourth-order valence-electron chi connectivity index (χ4n) is 3.91. The summed E-state index contributed by atoms with van der Waals surface area (Å²) >= 11 is 0. The lowest BCUT2D eigenvalue weighted by molar-refractivity contribution is 0.325. The Morgan fingerprint density at radius 3 is 2.73 bits per heavy atom. The van der Waals surface area contributed by atoms with Crippen molar-refractivity contribution < 1.29 is 0 Å². The van der Waals surface area contributed by atoms with Gasteiger partial charge in [0, 0.05) is 52.0 Å². The minimum absolute atomic E-state index is 0.713. The molecule has 144 valence electrons. The van der Waals surface area contributed by atoms with Crippen LogP contribution in [0.1, 0.15) is 26.7 Å². The molecular formula is C20H34N6. The van der Waals surface area contributed by atoms with E-state index in [1.54, 1.807) is 0 Å². The Labute approximate surface area is 158 Å². The molecule has 3 rings (SSSR count). The molecule has 2 saturated heterocycles. The van der Waals surface area contributed by atoms with Gasteiger partial charge in [0.15, 0.2) is 5.96 Å². The van der Waals surface area contributed by atoms with Crippen LogP contribution in [-0.4, -0.2) is 79.6 Å². The molecule has 0 aromatic carbocycles. The van der Waals surface area contributed by atoms with Crippen LogP contribution in [0.3, 0.4) is 0 Å². The van der Waals surface area contributed by atoms with E-state index in [9.17, 15) is 0 Å². The summed E-state index contributed by atoms with van der Waals surface area (Å²) < 4.78 is 0. The maximum atomic E-state index is 4.98. The topological polar surface area (TPSA) is 47.0 Å². The Kier molecular flexibility index (Phi) is 7.12. The third kappa shape index (κ3) is 5.10. The summed E-state index contributed by atoms with van der Waals surface area (Å²) in [4.78, 5) is 16.8. The number of hydrogen-bond donors (Lipinski definition) is 1. The normalized spacial score (nSPS) is 22.1. The molecule has 1 N–H and O–H groups in total. The first-order valence-electron chi connectivity index (χ1n) is 10.2. The molecule has 2 fully saturated rings. The summed E-state index contributed by atoms with van der Waals surface area (Å²) in [5.74, 6) is 2.88. The number of nitrogens with one attached hydrogen (secondary N) is 1. The highest BCUT2D eigenvalue weighted by Crippen LogP contribution is 2.17. The number of anilines is 1. The van der Waals surface area contributed by atoms with Gasteiger partial charge in [-0.15, -0.1) is 0 Å². The van der Waals surface area contributed by atoms with Crippen molar-refractivity contribution in [2.24, 2.45) is 10.9 Å². The first kappa shape index (κ1) is 19.0. The van der Waals surface area contributed by atoms with Crippen molar-refractivity contribution in [2.45, 2.75) is 26.7 Å². The predicted molar refractivity (Wildman–Crippen MR) is 109 cm³/mol. The van der Waals surface area contributed by atoms with Crippen LogP contribution in [-0.2, 0) is 0 Å². The highest BCUT2D eigenvalue weighted by atomic mass is 15.4. The lowest BCUT2D eigenvalue weighted by Gasteiger charge is -2.37. The molecule has 2 aliphatic rings. The smallest absolute Gasteiger partial charge is 0.194 e. The molecule has 1 unspecified atom stereocenters. The van der Waals surface area contributed by atoms with Crippen molar-refractivity contribution in [3.05, 3.63) is 24.4 Å². The van der Waals surface area contributed by atoms with E-state index in [0.29, 0.717) is 5.92 Å². The fraction of sp³-hybridized carbons (Fsp3) is 0.700. The van der Waals surface area contributed by atoms with Gasteiger partial charge in [-0.25, -0.2) is 4.98 Å². The van der Waals surface area contributed by atoms with Crippen molar-refractivity contribution in [3.8, 4) is 0 Å². The van der Waals surface area contributed by atoms with Gasteiger partial charge < -0.3 is 20.0 Å². The van der Waals surface area contributed by atoms with Gasteiger partial charge in [0.1, 0.15) is 5.82 Å². The minimum atomic E-state index is 0.713. The largest absolute Gasteiger partial charge is 0.357 e. The lowest BCUT2D eigenvalue weighted by Crippen LogP contribution is -2.52. The fourth-order valence-corrected chi connectivity index (χ4v) is 3.91. The second kappa shape index (κ2) is 9.76. The molecule has 26 heavy (non-hydrogen) atoms. The summed E-state index contributed by atoms with van der Waals surface area (Å²) in [6.07, 6.45) is 4.41. The van der Waals surface area contributed by atoms with E-state index in [2.05, 4.69) is 51.0 Å². The Balaban J connectivity index is 1.52. The van der Waals surface area contributed by atoms with Gasteiger partial charge in [-0.05, 0) is 50.9 Å². The monoisotopic (exact) mass is 358 g/mol. The molecule has 0 aliphatic carbocycles. The van der Waals surface area contributed by atoms with E-state index in [-0.39, 0.29) is 0 Å². The maximum absolute atomic E-state index is 4.98. The van der Waals surface area contributed by atoms with Crippen LogP contribution in [0.2, 0.25) is 0 Å². The number of nitrogens with zero attached hydrogens (tertiary/aromatic N) is 5. The summed E-state index contributed by atoms with van der Waals surface area (Å²) in [6.45, 7) is 14.0. The van der Waals surface area contributed by atoms with Gasteiger partial charge >= 0.3 is 0 Å². The second-order valence-corrected chi connectivity index (χ2v) is 7.31. The average Bonchev–Trinajstić information content (AvgIpc) is 3.14. The Morgan fingerprint density at radius 2 is 2.04 bits per heavy atom. The number of piperazine rings is 1. The predicted octanol–water partition coefficient (Wildman–Crippen LogP) is 1.90. The number of likely N-dealkylation sites (tertiary alicyclic amines) is 1. The molecule has 3 heterocycles. The summed E-state index contributed by atoms with van der Waals surface area (Å²) in [6, 6.07) is 6.13. The van der Waals surface area contributed by atoms with Crippen LogP contribution in [0.5, 0.6) is 0 Å². The van der Waals surface area contributed by atoms with Crippen molar-refractivity contribution in [3.63, 3.8) is 0 Å². The van der Waals surface area contributed by atoms with Crippen molar-refractivity contribution in [1.82, 2.24) is 20.1 Å². The zero-order chi connectivity index (χ0) is 18.2. The van der Waals surface area contributed by atoms with E-state index in [0.717, 1.165) is 51.0 Å². The molecule has 2 aliphatic heterocycles. The number of hydrogen-bond acceptors (Lipinski definition) is 4. The van der Waals surface area contributed by atoms with Gasteiger partial charge in [0.2, 0.25) is 0 Å². The third-order valence-electron chi connectivity index (χ3n) is 5.30. The summed E-state index contributed by atoms with van der Waals surface area (Å²) in [5.41, 5.74) is 0. The number of rotatable bonds is 6. The molecule has 0 saturated carbocycles. The first-order chi connectivity index (χ1) is 12.8. The highest BCUT2D eigenvalue weighted by molar-refractivity contribution is 5.80. The van der Waals surface area contributed by atoms with Crippen molar-refractivity contribution in [1.29, 1.82) is 0 Å². The van der Waals surface area contributed by atoms with Gasteiger partial charge in [-0.1, -0.05) is 13.0 Å². The summed E-state index contributed by atoms with van der Waals surface area (Å²) in [7, 11) is 0. The second-order valence-electron chi connectivity index (χ2n) is 7.31. The zero-order valence-corrected chi connectivity index (χ0v) is 16.4. The van der Waals surface area contributed by atoms with E-state index < -0.39 is 0 Å². The molecule has 0 amide bonds. The number of aliphatic imine (C=N–C) groups is 1. The Hall–Kier alpha value is -1.82. The maximum Gasteiger partial charge on any atom is 0.194 e. The van der Waals surface area contributed by atoms with Crippen molar-refractivity contribution >= 4 is 11.8 Å². The van der Waals surface area contributed by atoms with Gasteiger partial charge in [0.05, 0.1) is 0 Å². The first-order valence-corrected chi connectivity index (χ1v) is 10.2. The quantitative estimate of drug-likeness (QED) is 0.622. The van der Waals surface area contributed by atoms with Crippen LogP contribution in [0.4, 0.5) is 5.82 Å². The lowest BCUT2D eigenvalue weighted by atomic mass is 10.1. The van der Waals surface area contributed by atoms with E-state index in [4.69, 9.17) is 4.99 Å². The number of pyridine rings is 1. The van der Waals surface area contributed by atoms with Gasteiger partial charge in [-0.2, -0.15) is 0 Å². The molecule has 0 bridgehead atoms. The Morgan fingerprint density at radius 1 is 1.19 bits per heavy atom. The molecule has 1 aromatic rings. The SMILES string of the molecule is CCCN1CCC(CN=C(NCC)N2CCN(c3ccccn3)CC2)C1. The van der Waals surface area contributed by atoms with Crippen molar-refractivity contribution in [2.75, 3.05) is 63.8 Å². The molecule has 1 aromatic heterocycles. The van der Waals surface area contributed by atoms with Gasteiger partial charge in [0.25, 0.3) is 0 Å². The van der Waals surface area contributed by atoms with Crippen LogP contribution < -0.4 is 10.2 Å².